The van der Waals surface area contributed by atoms with E-state index in [1.807, 2.05) is 13.8 Å². The fraction of sp³-hybridized carbons (Fsp3) is 0.462. The molecule has 0 spiro atoms. The van der Waals surface area contributed by atoms with Crippen LogP contribution in [0.4, 0.5) is 18.9 Å². The molecule has 2 aromatic rings. The van der Waals surface area contributed by atoms with Crippen LogP contribution in [0.25, 0.3) is 0 Å². The Hall–Kier alpha value is -2.50. The molecule has 0 heterocycles. The summed E-state index contributed by atoms with van der Waals surface area (Å²) in [5.41, 5.74) is -0.595. The number of nitrogens with zero attached hydrogens (tertiary/aromatic N) is 2. The minimum Gasteiger partial charge on any atom is -0.352 e. The Kier molecular flexibility index (Phi) is 11.5. The van der Waals surface area contributed by atoms with E-state index in [2.05, 4.69) is 5.32 Å². The number of hydrogen-bond donors (Lipinski definition) is 1. The Labute approximate surface area is 237 Å². The Morgan fingerprint density at radius 2 is 1.74 bits per heavy atom. The van der Waals surface area contributed by atoms with Crippen LogP contribution in [0.1, 0.15) is 51.2 Å². The van der Waals surface area contributed by atoms with Crippen LogP contribution in [0, 0.1) is 0 Å². The first kappa shape index (κ1) is 32.7. The number of benzene rings is 2. The van der Waals surface area contributed by atoms with E-state index < -0.39 is 33.7 Å². The normalized spacial score (nSPS) is 13.5. The zero-order chi connectivity index (χ0) is 29.5. The third-order valence-corrected chi connectivity index (χ3v) is 7.92. The van der Waals surface area contributed by atoms with Crippen LogP contribution >= 0.6 is 23.2 Å². The average Bonchev–Trinajstić information content (AvgIpc) is 2.84. The van der Waals surface area contributed by atoms with Gasteiger partial charge in [-0.25, -0.2) is 8.42 Å². The average molecular weight is 611 g/mol. The number of rotatable bonds is 12. The summed E-state index contributed by atoms with van der Waals surface area (Å²) in [6.45, 7) is 5.07. The van der Waals surface area contributed by atoms with Crippen molar-refractivity contribution in [2.24, 2.45) is 0 Å². The van der Waals surface area contributed by atoms with Crippen molar-refractivity contribution in [2.75, 3.05) is 17.1 Å². The summed E-state index contributed by atoms with van der Waals surface area (Å²) >= 11 is 12.3. The van der Waals surface area contributed by atoms with Crippen molar-refractivity contribution in [3.8, 4) is 0 Å². The quantitative estimate of drug-likeness (QED) is 0.325. The highest BCUT2D eigenvalue weighted by atomic mass is 35.5. The lowest BCUT2D eigenvalue weighted by molar-refractivity contribution is -0.140. The minimum atomic E-state index is -4.65. The van der Waals surface area contributed by atoms with E-state index in [1.165, 1.54) is 17.0 Å². The lowest BCUT2D eigenvalue weighted by Gasteiger charge is -2.30. The van der Waals surface area contributed by atoms with Gasteiger partial charge < -0.3 is 10.2 Å². The number of amides is 2. The topological polar surface area (TPSA) is 86.8 Å². The fourth-order valence-electron chi connectivity index (χ4n) is 3.72. The molecule has 13 heteroatoms. The summed E-state index contributed by atoms with van der Waals surface area (Å²) in [7, 11) is -3.96. The predicted molar refractivity (Wildman–Crippen MR) is 147 cm³/mol. The van der Waals surface area contributed by atoms with Crippen LogP contribution in [0.15, 0.2) is 42.5 Å². The maximum Gasteiger partial charge on any atom is 0.416 e. The maximum atomic E-state index is 13.3. The first-order valence-corrected chi connectivity index (χ1v) is 14.8. The molecular formula is C26H32Cl2F3N3O4S. The van der Waals surface area contributed by atoms with Gasteiger partial charge in [-0.1, -0.05) is 42.3 Å². The molecular weight excluding hydrogens is 578 g/mol. The van der Waals surface area contributed by atoms with E-state index in [0.29, 0.717) is 22.0 Å². The lowest BCUT2D eigenvalue weighted by atomic mass is 10.1. The van der Waals surface area contributed by atoms with Crippen molar-refractivity contribution in [1.29, 1.82) is 0 Å². The van der Waals surface area contributed by atoms with Gasteiger partial charge in [-0.3, -0.25) is 13.9 Å². The highest BCUT2D eigenvalue weighted by Gasteiger charge is 2.32. The minimum absolute atomic E-state index is 0.00660. The lowest BCUT2D eigenvalue weighted by Crippen LogP contribution is -2.49. The summed E-state index contributed by atoms with van der Waals surface area (Å²) in [6.07, 6.45) is -3.26. The summed E-state index contributed by atoms with van der Waals surface area (Å²) in [6, 6.07) is 7.74. The highest BCUT2D eigenvalue weighted by Crippen LogP contribution is 2.32. The van der Waals surface area contributed by atoms with Gasteiger partial charge in [0, 0.05) is 35.6 Å². The van der Waals surface area contributed by atoms with Crippen LogP contribution in [0.5, 0.6) is 0 Å². The molecule has 216 valence electrons. The molecule has 0 saturated carbocycles. The SMILES string of the molecule is CC[C@H](C)NC(=O)[C@@H](C)N(Cc1ccc(Cl)cc1Cl)C(=O)CCCN(c1cccc(C(F)(F)F)c1)S(C)(=O)=O. The fourth-order valence-corrected chi connectivity index (χ4v) is 5.15. The number of carbonyl (C=O) groups is 2. The van der Waals surface area contributed by atoms with Crippen LogP contribution in [-0.2, 0) is 32.3 Å². The molecule has 7 nitrogen and oxygen atoms in total. The Morgan fingerprint density at radius 1 is 1.08 bits per heavy atom. The van der Waals surface area contributed by atoms with E-state index >= 15 is 0 Å². The van der Waals surface area contributed by atoms with Crippen LogP contribution in [0.3, 0.4) is 0 Å². The molecule has 0 aliphatic heterocycles. The molecule has 0 aromatic heterocycles. The number of halogens is 5. The van der Waals surface area contributed by atoms with Gasteiger partial charge in [0.2, 0.25) is 21.8 Å². The second-order valence-corrected chi connectivity index (χ2v) is 12.0. The van der Waals surface area contributed by atoms with Crippen molar-refractivity contribution < 1.29 is 31.2 Å². The van der Waals surface area contributed by atoms with Gasteiger partial charge in [-0.15, -0.1) is 0 Å². The van der Waals surface area contributed by atoms with Crippen LogP contribution < -0.4 is 9.62 Å². The number of alkyl halides is 3. The zero-order valence-corrected chi connectivity index (χ0v) is 24.4. The first-order chi connectivity index (χ1) is 18.0. The monoisotopic (exact) mass is 609 g/mol. The zero-order valence-electron chi connectivity index (χ0n) is 22.1. The standard InChI is InChI=1S/C26H32Cl2F3N3O4S/c1-5-17(2)32-25(36)18(3)33(16-19-11-12-21(27)15-23(19)28)24(35)10-7-13-34(39(4,37)38)22-9-6-8-20(14-22)26(29,30)31/h6,8-9,11-12,14-15,17-18H,5,7,10,13,16H2,1-4H3,(H,32,36)/t17-,18+/m0/s1. The smallest absolute Gasteiger partial charge is 0.352 e. The van der Waals surface area contributed by atoms with Crippen LogP contribution in [0.2, 0.25) is 10.0 Å². The van der Waals surface area contributed by atoms with Crippen molar-refractivity contribution in [2.45, 2.75) is 64.8 Å². The maximum absolute atomic E-state index is 13.3. The van der Waals surface area contributed by atoms with Gasteiger partial charge in [0.1, 0.15) is 6.04 Å². The van der Waals surface area contributed by atoms with Crippen molar-refractivity contribution in [1.82, 2.24) is 10.2 Å². The van der Waals surface area contributed by atoms with Crippen molar-refractivity contribution >= 4 is 50.7 Å². The number of carbonyl (C=O) groups excluding carboxylic acids is 2. The van der Waals surface area contributed by atoms with Gasteiger partial charge in [-0.2, -0.15) is 13.2 Å². The summed E-state index contributed by atoms with van der Waals surface area (Å²) in [5.74, 6) is -0.824. The molecule has 2 aromatic carbocycles. The largest absolute Gasteiger partial charge is 0.416 e. The second-order valence-electron chi connectivity index (χ2n) is 9.24. The molecule has 0 bridgehead atoms. The van der Waals surface area contributed by atoms with E-state index in [0.717, 1.165) is 28.8 Å². The van der Waals surface area contributed by atoms with Gasteiger partial charge in [0.05, 0.1) is 17.5 Å². The number of anilines is 1. The molecule has 0 radical (unpaired) electrons. The molecule has 2 atom stereocenters. The molecule has 0 aliphatic carbocycles. The Morgan fingerprint density at radius 3 is 2.31 bits per heavy atom. The van der Waals surface area contributed by atoms with Crippen LogP contribution in [-0.4, -0.2) is 50.0 Å². The first-order valence-electron chi connectivity index (χ1n) is 12.2. The molecule has 0 fully saturated rings. The van der Waals surface area contributed by atoms with Gasteiger partial charge >= 0.3 is 6.18 Å². The number of nitrogens with one attached hydrogen (secondary N) is 1. The summed E-state index contributed by atoms with van der Waals surface area (Å²) in [4.78, 5) is 27.5. The van der Waals surface area contributed by atoms with E-state index in [9.17, 15) is 31.2 Å². The van der Waals surface area contributed by atoms with E-state index in [1.54, 1.807) is 19.1 Å². The second kappa shape index (κ2) is 13.7. The van der Waals surface area contributed by atoms with Gasteiger partial charge in [-0.05, 0) is 62.6 Å². The Balaban J connectivity index is 2.25. The molecule has 0 unspecified atom stereocenters. The Bertz CT molecular complexity index is 1280. The molecule has 0 saturated heterocycles. The van der Waals surface area contributed by atoms with E-state index in [-0.39, 0.29) is 43.6 Å². The molecule has 2 amide bonds. The number of sulfonamides is 1. The van der Waals surface area contributed by atoms with Gasteiger partial charge in [0.25, 0.3) is 0 Å². The molecule has 1 N–H and O–H groups in total. The van der Waals surface area contributed by atoms with Crippen molar-refractivity contribution in [3.05, 3.63) is 63.6 Å². The highest BCUT2D eigenvalue weighted by molar-refractivity contribution is 7.92. The third-order valence-electron chi connectivity index (χ3n) is 6.14. The molecule has 39 heavy (non-hydrogen) atoms. The van der Waals surface area contributed by atoms with Crippen molar-refractivity contribution in [3.63, 3.8) is 0 Å². The van der Waals surface area contributed by atoms with Gasteiger partial charge in [0.15, 0.2) is 0 Å². The third kappa shape index (κ3) is 9.58. The molecule has 2 rings (SSSR count). The number of hydrogen-bond acceptors (Lipinski definition) is 4. The predicted octanol–water partition coefficient (Wildman–Crippen LogP) is 5.89. The summed E-state index contributed by atoms with van der Waals surface area (Å²) < 4.78 is 65.2. The van der Waals surface area contributed by atoms with E-state index in [4.69, 9.17) is 23.2 Å². The summed E-state index contributed by atoms with van der Waals surface area (Å²) in [5, 5.41) is 3.55. The molecule has 0 aliphatic rings.